The monoisotopic (exact) mass is 271 g/mol. The topological polar surface area (TPSA) is 57.0 Å². The van der Waals surface area contributed by atoms with Crippen molar-refractivity contribution in [1.29, 1.82) is 0 Å². The van der Waals surface area contributed by atoms with E-state index >= 15 is 0 Å². The van der Waals surface area contributed by atoms with Gasteiger partial charge in [-0.15, -0.1) is 13.2 Å². The fourth-order valence-electron chi connectivity index (χ4n) is 1.41. The molecule has 0 atom stereocenters. The molecule has 0 amide bonds. The van der Waals surface area contributed by atoms with Crippen molar-refractivity contribution in [2.45, 2.75) is 6.30 Å². The first-order valence-electron chi connectivity index (χ1n) is 5.09. The number of esters is 1. The van der Waals surface area contributed by atoms with Crippen LogP contribution in [0.1, 0.15) is 10.5 Å². The standard InChI is InChI=1S/C11H8F3N3O2/c1-19-10(18)9-4-2-3-8(16-9)7-5-15-17(6-7)11(12,13)14/h2-6H,1H3. The van der Waals surface area contributed by atoms with Gasteiger partial charge in [0.25, 0.3) is 0 Å². The fraction of sp³-hybridized carbons (Fsp3) is 0.182. The number of hydrogen-bond acceptors (Lipinski definition) is 4. The molecule has 2 aromatic rings. The molecule has 0 fully saturated rings. The summed E-state index contributed by atoms with van der Waals surface area (Å²) < 4.78 is 41.5. The van der Waals surface area contributed by atoms with Gasteiger partial charge in [-0.2, -0.15) is 9.78 Å². The maximum Gasteiger partial charge on any atom is 0.504 e. The molecule has 0 saturated heterocycles. The van der Waals surface area contributed by atoms with E-state index in [-0.39, 0.29) is 21.6 Å². The third-order valence-electron chi connectivity index (χ3n) is 2.28. The summed E-state index contributed by atoms with van der Waals surface area (Å²) in [6, 6.07) is 4.38. The van der Waals surface area contributed by atoms with E-state index in [1.54, 1.807) is 0 Å². The molecule has 19 heavy (non-hydrogen) atoms. The number of alkyl halides is 3. The first-order valence-corrected chi connectivity index (χ1v) is 5.09. The lowest BCUT2D eigenvalue weighted by molar-refractivity contribution is -0.212. The predicted molar refractivity (Wildman–Crippen MR) is 58.1 cm³/mol. The van der Waals surface area contributed by atoms with Crippen LogP contribution in [-0.4, -0.2) is 27.8 Å². The average Bonchev–Trinajstić information content (AvgIpc) is 2.87. The van der Waals surface area contributed by atoms with Crippen molar-refractivity contribution < 1.29 is 22.7 Å². The number of ether oxygens (including phenoxy) is 1. The second-order valence-corrected chi connectivity index (χ2v) is 3.54. The summed E-state index contributed by atoms with van der Waals surface area (Å²) in [6.07, 6.45) is -2.77. The Morgan fingerprint density at radius 2 is 2.11 bits per heavy atom. The van der Waals surface area contributed by atoms with Crippen LogP contribution in [0, 0.1) is 0 Å². The highest BCUT2D eigenvalue weighted by atomic mass is 19.4. The zero-order chi connectivity index (χ0) is 14.0. The molecule has 0 aliphatic rings. The minimum Gasteiger partial charge on any atom is -0.464 e. The van der Waals surface area contributed by atoms with Crippen LogP contribution in [0.25, 0.3) is 11.3 Å². The second kappa shape index (κ2) is 4.71. The molecule has 0 aliphatic carbocycles. The lowest BCUT2D eigenvalue weighted by atomic mass is 10.2. The van der Waals surface area contributed by atoms with Gasteiger partial charge in [0.15, 0.2) is 0 Å². The van der Waals surface area contributed by atoms with E-state index in [2.05, 4.69) is 14.8 Å². The van der Waals surface area contributed by atoms with Crippen molar-refractivity contribution in [1.82, 2.24) is 14.8 Å². The molecule has 0 aromatic carbocycles. The molecule has 0 unspecified atom stereocenters. The Kier molecular flexibility index (Phi) is 3.24. The van der Waals surface area contributed by atoms with Gasteiger partial charge in [0.2, 0.25) is 0 Å². The lowest BCUT2D eigenvalue weighted by Crippen LogP contribution is -2.16. The maximum absolute atomic E-state index is 12.4. The van der Waals surface area contributed by atoms with Crippen molar-refractivity contribution >= 4 is 5.97 Å². The van der Waals surface area contributed by atoms with Gasteiger partial charge in [-0.25, -0.2) is 9.78 Å². The zero-order valence-corrected chi connectivity index (χ0v) is 9.68. The van der Waals surface area contributed by atoms with Crippen molar-refractivity contribution in [2.24, 2.45) is 0 Å². The van der Waals surface area contributed by atoms with E-state index in [9.17, 15) is 18.0 Å². The number of carbonyl (C=O) groups is 1. The Balaban J connectivity index is 2.37. The number of aromatic nitrogens is 3. The predicted octanol–water partition coefficient (Wildman–Crippen LogP) is 2.21. The van der Waals surface area contributed by atoms with Crippen LogP contribution in [-0.2, 0) is 11.0 Å². The van der Waals surface area contributed by atoms with Crippen molar-refractivity contribution in [3.8, 4) is 11.3 Å². The molecule has 2 rings (SSSR count). The smallest absolute Gasteiger partial charge is 0.464 e. The summed E-state index contributed by atoms with van der Waals surface area (Å²) in [5, 5.41) is 3.19. The highest BCUT2D eigenvalue weighted by Gasteiger charge is 2.31. The Morgan fingerprint density at radius 1 is 1.37 bits per heavy atom. The maximum atomic E-state index is 12.4. The van der Waals surface area contributed by atoms with Gasteiger partial charge in [-0.3, -0.25) is 0 Å². The molecule has 0 saturated carbocycles. The lowest BCUT2D eigenvalue weighted by Gasteiger charge is -2.04. The SMILES string of the molecule is COC(=O)c1cccc(-c2cnn(C(F)(F)F)c2)n1. The van der Waals surface area contributed by atoms with Crippen LogP contribution < -0.4 is 0 Å². The van der Waals surface area contributed by atoms with Crippen LogP contribution >= 0.6 is 0 Å². The van der Waals surface area contributed by atoms with Gasteiger partial charge in [0.1, 0.15) is 5.69 Å². The van der Waals surface area contributed by atoms with Gasteiger partial charge >= 0.3 is 12.3 Å². The molecule has 0 aliphatic heterocycles. The number of rotatable bonds is 2. The van der Waals surface area contributed by atoms with E-state index in [1.165, 1.54) is 25.3 Å². The molecule has 0 radical (unpaired) electrons. The summed E-state index contributed by atoms with van der Waals surface area (Å²) in [4.78, 5) is 15.2. The van der Waals surface area contributed by atoms with E-state index < -0.39 is 12.3 Å². The number of hydrogen-bond donors (Lipinski definition) is 0. The third-order valence-corrected chi connectivity index (χ3v) is 2.28. The molecule has 2 aromatic heterocycles. The Labute approximate surface area is 105 Å². The first-order chi connectivity index (χ1) is 8.91. The number of carbonyl (C=O) groups excluding carboxylic acids is 1. The number of halogens is 3. The summed E-state index contributed by atoms with van der Waals surface area (Å²) in [7, 11) is 1.19. The normalized spacial score (nSPS) is 11.4. The summed E-state index contributed by atoms with van der Waals surface area (Å²) in [5.74, 6) is -0.662. The van der Waals surface area contributed by atoms with E-state index in [1.807, 2.05) is 0 Å². The molecule has 0 spiro atoms. The minimum atomic E-state index is -4.59. The third kappa shape index (κ3) is 2.72. The summed E-state index contributed by atoms with van der Waals surface area (Å²) in [6.45, 7) is 0. The molecule has 0 bridgehead atoms. The Bertz CT molecular complexity index is 607. The van der Waals surface area contributed by atoms with E-state index in [0.29, 0.717) is 0 Å². The first kappa shape index (κ1) is 13.1. The summed E-state index contributed by atoms with van der Waals surface area (Å²) >= 11 is 0. The van der Waals surface area contributed by atoms with Gasteiger partial charge in [0.05, 0.1) is 19.0 Å². The number of methoxy groups -OCH3 is 1. The van der Waals surface area contributed by atoms with Crippen LogP contribution in [0.3, 0.4) is 0 Å². The van der Waals surface area contributed by atoms with Gasteiger partial charge in [0, 0.05) is 11.8 Å². The zero-order valence-electron chi connectivity index (χ0n) is 9.68. The van der Waals surface area contributed by atoms with Crippen molar-refractivity contribution in [3.63, 3.8) is 0 Å². The number of pyridine rings is 1. The largest absolute Gasteiger partial charge is 0.504 e. The molecule has 2 heterocycles. The molecule has 100 valence electrons. The highest BCUT2D eigenvalue weighted by molar-refractivity contribution is 5.87. The minimum absolute atomic E-state index is 0.0137. The van der Waals surface area contributed by atoms with Crippen LogP contribution in [0.2, 0.25) is 0 Å². The van der Waals surface area contributed by atoms with Gasteiger partial charge in [-0.1, -0.05) is 6.07 Å². The van der Waals surface area contributed by atoms with Crippen LogP contribution in [0.4, 0.5) is 13.2 Å². The molecule has 5 nitrogen and oxygen atoms in total. The quantitative estimate of drug-likeness (QED) is 0.786. The molecule has 8 heteroatoms. The Morgan fingerprint density at radius 3 is 2.68 bits per heavy atom. The van der Waals surface area contributed by atoms with Crippen LogP contribution in [0.15, 0.2) is 30.6 Å². The van der Waals surface area contributed by atoms with E-state index in [0.717, 1.165) is 12.4 Å². The van der Waals surface area contributed by atoms with Gasteiger partial charge in [-0.05, 0) is 12.1 Å². The fourth-order valence-corrected chi connectivity index (χ4v) is 1.41. The molecular weight excluding hydrogens is 263 g/mol. The van der Waals surface area contributed by atoms with Crippen LogP contribution in [0.5, 0.6) is 0 Å². The summed E-state index contributed by atoms with van der Waals surface area (Å²) in [5.41, 5.74) is 0.376. The molecule has 0 N–H and O–H groups in total. The second-order valence-electron chi connectivity index (χ2n) is 3.54. The van der Waals surface area contributed by atoms with Crippen molar-refractivity contribution in [2.75, 3.05) is 7.11 Å². The highest BCUT2D eigenvalue weighted by Crippen LogP contribution is 2.24. The Hall–Kier alpha value is -2.38. The van der Waals surface area contributed by atoms with E-state index in [4.69, 9.17) is 0 Å². The molecular formula is C11H8F3N3O2. The average molecular weight is 271 g/mol. The van der Waals surface area contributed by atoms with Crippen molar-refractivity contribution in [3.05, 3.63) is 36.3 Å². The van der Waals surface area contributed by atoms with Gasteiger partial charge < -0.3 is 4.74 Å². The number of nitrogens with zero attached hydrogens (tertiary/aromatic N) is 3.